The van der Waals surface area contributed by atoms with Crippen molar-refractivity contribution in [1.29, 1.82) is 0 Å². The van der Waals surface area contributed by atoms with E-state index in [1.54, 1.807) is 18.2 Å². The number of amidine groups is 1. The molecule has 0 bridgehead atoms. The number of hydrogen-bond acceptors (Lipinski definition) is 3. The third kappa shape index (κ3) is 3.02. The molecule has 3 N–H and O–H groups in total. The van der Waals surface area contributed by atoms with Gasteiger partial charge in [0, 0.05) is 4.47 Å². The first-order valence-electron chi connectivity index (χ1n) is 5.42. The van der Waals surface area contributed by atoms with Crippen molar-refractivity contribution in [1.82, 2.24) is 0 Å². The second-order valence-corrected chi connectivity index (χ2v) is 5.10. The number of oxime groups is 1. The monoisotopic (exact) mass is 358 g/mol. The number of halogens is 3. The first-order valence-corrected chi connectivity index (χ1v) is 6.59. The Labute approximate surface area is 127 Å². The SMILES string of the molecule is NC(=NO)c1c(F)cccc1Oc1cc(Br)ccc1Cl. The van der Waals surface area contributed by atoms with Crippen LogP contribution in [0.4, 0.5) is 4.39 Å². The number of ether oxygens (including phenoxy) is 1. The van der Waals surface area contributed by atoms with E-state index in [1.165, 1.54) is 18.2 Å². The molecule has 2 aromatic rings. The van der Waals surface area contributed by atoms with E-state index in [4.69, 9.17) is 27.3 Å². The third-order valence-corrected chi connectivity index (χ3v) is 3.26. The molecule has 4 nitrogen and oxygen atoms in total. The summed E-state index contributed by atoms with van der Waals surface area (Å²) in [6.45, 7) is 0. The molecule has 0 saturated carbocycles. The predicted molar refractivity (Wildman–Crippen MR) is 78.1 cm³/mol. The molecule has 0 fully saturated rings. The molecular weight excluding hydrogens is 351 g/mol. The van der Waals surface area contributed by atoms with Crippen LogP contribution in [0.15, 0.2) is 46.0 Å². The predicted octanol–water partition coefficient (Wildman–Crippen LogP) is 4.13. The molecule has 0 heterocycles. The Bertz CT molecular complexity index is 679. The summed E-state index contributed by atoms with van der Waals surface area (Å²) in [6, 6.07) is 9.12. The average molecular weight is 360 g/mol. The third-order valence-electron chi connectivity index (χ3n) is 2.45. The molecule has 2 aromatic carbocycles. The van der Waals surface area contributed by atoms with Gasteiger partial charge in [0.1, 0.15) is 17.3 Å². The zero-order valence-corrected chi connectivity index (χ0v) is 12.3. The molecule has 0 saturated heterocycles. The van der Waals surface area contributed by atoms with E-state index in [0.717, 1.165) is 4.47 Å². The summed E-state index contributed by atoms with van der Waals surface area (Å²) in [4.78, 5) is 0. The van der Waals surface area contributed by atoms with Crippen LogP contribution in [0.25, 0.3) is 0 Å². The van der Waals surface area contributed by atoms with Gasteiger partial charge in [0.05, 0.1) is 10.6 Å². The second kappa shape index (κ2) is 6.11. The lowest BCUT2D eigenvalue weighted by Gasteiger charge is -2.12. The Morgan fingerprint density at radius 2 is 2.05 bits per heavy atom. The summed E-state index contributed by atoms with van der Waals surface area (Å²) in [6.07, 6.45) is 0. The highest BCUT2D eigenvalue weighted by Gasteiger charge is 2.16. The van der Waals surface area contributed by atoms with Crippen LogP contribution in [-0.4, -0.2) is 11.0 Å². The Kier molecular flexibility index (Phi) is 4.46. The van der Waals surface area contributed by atoms with Gasteiger partial charge >= 0.3 is 0 Å². The molecular formula is C13H9BrClFN2O2. The van der Waals surface area contributed by atoms with Gasteiger partial charge in [-0.25, -0.2) is 4.39 Å². The van der Waals surface area contributed by atoms with Crippen LogP contribution in [-0.2, 0) is 0 Å². The van der Waals surface area contributed by atoms with E-state index >= 15 is 0 Å². The molecule has 0 aliphatic carbocycles. The number of rotatable bonds is 3. The lowest BCUT2D eigenvalue weighted by molar-refractivity contribution is 0.318. The summed E-state index contributed by atoms with van der Waals surface area (Å²) < 4.78 is 20.1. The fraction of sp³-hybridized carbons (Fsp3) is 0. The van der Waals surface area contributed by atoms with Gasteiger partial charge in [0.25, 0.3) is 0 Å². The maximum Gasteiger partial charge on any atom is 0.176 e. The van der Waals surface area contributed by atoms with E-state index in [1.807, 2.05) is 0 Å². The van der Waals surface area contributed by atoms with E-state index in [-0.39, 0.29) is 17.1 Å². The zero-order chi connectivity index (χ0) is 14.7. The van der Waals surface area contributed by atoms with Crippen molar-refractivity contribution in [2.75, 3.05) is 0 Å². The maximum absolute atomic E-state index is 13.8. The lowest BCUT2D eigenvalue weighted by atomic mass is 10.1. The van der Waals surface area contributed by atoms with E-state index in [9.17, 15) is 4.39 Å². The van der Waals surface area contributed by atoms with Gasteiger partial charge in [-0.05, 0) is 30.3 Å². The molecule has 0 aromatic heterocycles. The van der Waals surface area contributed by atoms with E-state index < -0.39 is 5.82 Å². The van der Waals surface area contributed by atoms with Crippen LogP contribution in [0.3, 0.4) is 0 Å². The Morgan fingerprint density at radius 3 is 2.75 bits per heavy atom. The van der Waals surface area contributed by atoms with Crippen molar-refractivity contribution < 1.29 is 14.3 Å². The van der Waals surface area contributed by atoms with E-state index in [2.05, 4.69) is 21.1 Å². The standard InChI is InChI=1S/C13H9BrClFN2O2/c14-7-4-5-8(15)11(6-7)20-10-3-1-2-9(16)12(10)13(17)18-19/h1-6,19H,(H2,17,18). The van der Waals surface area contributed by atoms with Gasteiger partial charge in [-0.15, -0.1) is 0 Å². The molecule has 0 aliphatic heterocycles. The van der Waals surface area contributed by atoms with Crippen LogP contribution < -0.4 is 10.5 Å². The number of benzene rings is 2. The normalized spacial score (nSPS) is 11.4. The minimum atomic E-state index is -0.663. The molecule has 7 heteroatoms. The minimum absolute atomic E-state index is 0.0975. The number of hydrogen-bond donors (Lipinski definition) is 2. The molecule has 0 atom stereocenters. The average Bonchev–Trinajstić information content (AvgIpc) is 2.42. The van der Waals surface area contributed by atoms with E-state index in [0.29, 0.717) is 10.8 Å². The Morgan fingerprint density at radius 1 is 1.30 bits per heavy atom. The van der Waals surface area contributed by atoms with Crippen LogP contribution in [0, 0.1) is 5.82 Å². The summed E-state index contributed by atoms with van der Waals surface area (Å²) in [5, 5.41) is 11.9. The van der Waals surface area contributed by atoms with Crippen molar-refractivity contribution in [3.05, 3.63) is 57.3 Å². The maximum atomic E-state index is 13.8. The van der Waals surface area contributed by atoms with Crippen molar-refractivity contribution in [3.8, 4) is 11.5 Å². The van der Waals surface area contributed by atoms with Gasteiger partial charge in [0.2, 0.25) is 0 Å². The van der Waals surface area contributed by atoms with Crippen molar-refractivity contribution in [2.24, 2.45) is 10.9 Å². The van der Waals surface area contributed by atoms with Crippen molar-refractivity contribution in [3.63, 3.8) is 0 Å². The largest absolute Gasteiger partial charge is 0.455 e. The van der Waals surface area contributed by atoms with Crippen LogP contribution >= 0.6 is 27.5 Å². The molecule has 104 valence electrons. The highest BCUT2D eigenvalue weighted by atomic mass is 79.9. The molecule has 20 heavy (non-hydrogen) atoms. The lowest BCUT2D eigenvalue weighted by Crippen LogP contribution is -2.16. The van der Waals surface area contributed by atoms with Gasteiger partial charge < -0.3 is 15.7 Å². The topological polar surface area (TPSA) is 67.8 Å². The smallest absolute Gasteiger partial charge is 0.176 e. The fourth-order valence-corrected chi connectivity index (χ4v) is 2.06. The fourth-order valence-electron chi connectivity index (χ4n) is 1.56. The molecule has 2 rings (SSSR count). The van der Waals surface area contributed by atoms with Crippen LogP contribution in [0.2, 0.25) is 5.02 Å². The van der Waals surface area contributed by atoms with Crippen LogP contribution in [0.1, 0.15) is 5.56 Å². The van der Waals surface area contributed by atoms with Gasteiger partial charge in [0.15, 0.2) is 5.84 Å². The van der Waals surface area contributed by atoms with Gasteiger partial charge in [-0.2, -0.15) is 0 Å². The van der Waals surface area contributed by atoms with Gasteiger partial charge in [-0.1, -0.05) is 38.8 Å². The first-order chi connectivity index (χ1) is 9.52. The highest BCUT2D eigenvalue weighted by Crippen LogP contribution is 2.34. The second-order valence-electron chi connectivity index (χ2n) is 3.78. The summed E-state index contributed by atoms with van der Waals surface area (Å²) in [5.41, 5.74) is 5.32. The highest BCUT2D eigenvalue weighted by molar-refractivity contribution is 9.10. The summed E-state index contributed by atoms with van der Waals surface area (Å²) in [5.74, 6) is -0.632. The quantitative estimate of drug-likeness (QED) is 0.375. The molecule has 0 amide bonds. The summed E-state index contributed by atoms with van der Waals surface area (Å²) in [7, 11) is 0. The zero-order valence-electron chi connectivity index (χ0n) is 9.98. The molecule has 0 unspecified atom stereocenters. The minimum Gasteiger partial charge on any atom is -0.455 e. The van der Waals surface area contributed by atoms with Crippen molar-refractivity contribution >= 4 is 33.4 Å². The number of nitrogens with two attached hydrogens (primary N) is 1. The Hall–Kier alpha value is -1.79. The Balaban J connectivity index is 2.49. The molecule has 0 spiro atoms. The molecule has 0 radical (unpaired) electrons. The van der Waals surface area contributed by atoms with Crippen molar-refractivity contribution in [2.45, 2.75) is 0 Å². The van der Waals surface area contributed by atoms with Gasteiger partial charge in [-0.3, -0.25) is 0 Å². The first kappa shape index (κ1) is 14.6. The molecule has 0 aliphatic rings. The number of nitrogens with zero attached hydrogens (tertiary/aromatic N) is 1. The van der Waals surface area contributed by atoms with Crippen LogP contribution in [0.5, 0.6) is 11.5 Å². The summed E-state index contributed by atoms with van der Waals surface area (Å²) >= 11 is 9.29.